The fourth-order valence-electron chi connectivity index (χ4n) is 2.14. The SMILES string of the molecule is COC(=O)c1cnc2c(c1)NC(=O)C1CCN21. The Morgan fingerprint density at radius 2 is 2.47 bits per heavy atom. The molecule has 1 amide bonds. The van der Waals surface area contributed by atoms with Crippen LogP contribution >= 0.6 is 0 Å². The van der Waals surface area contributed by atoms with Crippen LogP contribution in [0.25, 0.3) is 0 Å². The topological polar surface area (TPSA) is 71.5 Å². The third kappa shape index (κ3) is 1.37. The van der Waals surface area contributed by atoms with E-state index in [4.69, 9.17) is 0 Å². The van der Waals surface area contributed by atoms with Crippen molar-refractivity contribution in [3.63, 3.8) is 0 Å². The monoisotopic (exact) mass is 233 g/mol. The minimum atomic E-state index is -0.458. The molecule has 3 rings (SSSR count). The molecule has 1 aromatic heterocycles. The Bertz CT molecular complexity index is 515. The molecule has 6 nitrogen and oxygen atoms in total. The second-order valence-electron chi connectivity index (χ2n) is 4.07. The summed E-state index contributed by atoms with van der Waals surface area (Å²) in [6.45, 7) is 0.829. The van der Waals surface area contributed by atoms with Gasteiger partial charge in [0.2, 0.25) is 5.91 Å². The second-order valence-corrected chi connectivity index (χ2v) is 4.07. The lowest BCUT2D eigenvalue weighted by Crippen LogP contribution is -2.57. The molecule has 17 heavy (non-hydrogen) atoms. The van der Waals surface area contributed by atoms with Gasteiger partial charge >= 0.3 is 5.97 Å². The first-order valence-electron chi connectivity index (χ1n) is 5.36. The summed E-state index contributed by atoms with van der Waals surface area (Å²) in [5.41, 5.74) is 0.916. The van der Waals surface area contributed by atoms with E-state index in [1.807, 2.05) is 4.90 Å². The molecule has 0 bridgehead atoms. The Morgan fingerprint density at radius 3 is 3.12 bits per heavy atom. The number of anilines is 2. The van der Waals surface area contributed by atoms with E-state index < -0.39 is 5.97 Å². The highest BCUT2D eigenvalue weighted by Gasteiger charge is 2.40. The molecular formula is C11H11N3O3. The van der Waals surface area contributed by atoms with Crippen LogP contribution in [0.1, 0.15) is 16.8 Å². The number of nitrogens with one attached hydrogen (secondary N) is 1. The number of carbonyl (C=O) groups excluding carboxylic acids is 2. The van der Waals surface area contributed by atoms with Crippen molar-refractivity contribution in [3.05, 3.63) is 17.8 Å². The first-order valence-corrected chi connectivity index (χ1v) is 5.36. The van der Waals surface area contributed by atoms with Gasteiger partial charge in [-0.2, -0.15) is 0 Å². The number of fused-ring (bicyclic) bond motifs is 3. The molecule has 1 saturated heterocycles. The van der Waals surface area contributed by atoms with Gasteiger partial charge in [-0.1, -0.05) is 0 Å². The summed E-state index contributed by atoms with van der Waals surface area (Å²) in [4.78, 5) is 29.2. The van der Waals surface area contributed by atoms with E-state index in [-0.39, 0.29) is 11.9 Å². The first kappa shape index (κ1) is 10.1. The van der Waals surface area contributed by atoms with Gasteiger partial charge in [-0.15, -0.1) is 0 Å². The number of esters is 1. The van der Waals surface area contributed by atoms with E-state index in [0.29, 0.717) is 11.3 Å². The number of methoxy groups -OCH3 is 1. The Kier molecular flexibility index (Phi) is 2.04. The normalized spacial score (nSPS) is 20.9. The molecule has 1 fully saturated rings. The van der Waals surface area contributed by atoms with E-state index in [1.165, 1.54) is 13.3 Å². The number of hydrogen-bond acceptors (Lipinski definition) is 5. The van der Waals surface area contributed by atoms with Gasteiger partial charge in [0.25, 0.3) is 0 Å². The molecular weight excluding hydrogens is 222 g/mol. The highest BCUT2D eigenvalue weighted by atomic mass is 16.5. The summed E-state index contributed by atoms with van der Waals surface area (Å²) in [6.07, 6.45) is 2.32. The lowest BCUT2D eigenvalue weighted by Gasteiger charge is -2.44. The smallest absolute Gasteiger partial charge is 0.339 e. The van der Waals surface area contributed by atoms with Gasteiger partial charge in [0, 0.05) is 12.7 Å². The van der Waals surface area contributed by atoms with Crippen molar-refractivity contribution >= 4 is 23.4 Å². The first-order chi connectivity index (χ1) is 8.20. The molecule has 2 aliphatic rings. The zero-order valence-corrected chi connectivity index (χ0v) is 9.27. The summed E-state index contributed by atoms with van der Waals surface area (Å²) >= 11 is 0. The minimum Gasteiger partial charge on any atom is -0.465 e. The summed E-state index contributed by atoms with van der Waals surface area (Å²) in [6, 6.07) is 1.50. The third-order valence-electron chi connectivity index (χ3n) is 3.14. The Hall–Kier alpha value is -2.11. The van der Waals surface area contributed by atoms with Crippen LogP contribution in [-0.4, -0.2) is 36.6 Å². The number of aromatic nitrogens is 1. The van der Waals surface area contributed by atoms with Gasteiger partial charge in [-0.05, 0) is 12.5 Å². The maximum absolute atomic E-state index is 11.7. The van der Waals surface area contributed by atoms with Gasteiger partial charge in [-0.25, -0.2) is 9.78 Å². The molecule has 88 valence electrons. The fourth-order valence-corrected chi connectivity index (χ4v) is 2.14. The number of nitrogens with zero attached hydrogens (tertiary/aromatic N) is 2. The van der Waals surface area contributed by atoms with Crippen LogP contribution in [0.3, 0.4) is 0 Å². The van der Waals surface area contributed by atoms with Crippen LogP contribution in [0.4, 0.5) is 11.5 Å². The van der Waals surface area contributed by atoms with Crippen LogP contribution in [0.5, 0.6) is 0 Å². The molecule has 2 aliphatic heterocycles. The van der Waals surface area contributed by atoms with Gasteiger partial charge in [0.15, 0.2) is 5.82 Å². The molecule has 0 spiro atoms. The van der Waals surface area contributed by atoms with Gasteiger partial charge in [-0.3, -0.25) is 4.79 Å². The average molecular weight is 233 g/mol. The van der Waals surface area contributed by atoms with Crippen molar-refractivity contribution in [2.45, 2.75) is 12.5 Å². The Morgan fingerprint density at radius 1 is 1.65 bits per heavy atom. The molecule has 0 radical (unpaired) electrons. The summed E-state index contributed by atoms with van der Waals surface area (Å²) in [7, 11) is 1.31. The standard InChI is InChI=1S/C11H11N3O3/c1-17-11(16)6-4-7-9(12-5-6)14-3-2-8(14)10(15)13-7/h4-5,8H,2-3H2,1H3,(H,13,15). The van der Waals surface area contributed by atoms with Crippen LogP contribution in [0, 0.1) is 0 Å². The largest absolute Gasteiger partial charge is 0.465 e. The lowest BCUT2D eigenvalue weighted by molar-refractivity contribution is -0.118. The molecule has 1 N–H and O–H groups in total. The number of ether oxygens (including phenoxy) is 1. The van der Waals surface area contributed by atoms with Crippen LogP contribution in [0.2, 0.25) is 0 Å². The lowest BCUT2D eigenvalue weighted by atomic mass is 9.99. The maximum atomic E-state index is 11.7. The molecule has 1 aromatic rings. The highest BCUT2D eigenvalue weighted by Crippen LogP contribution is 2.36. The molecule has 3 heterocycles. The number of pyridine rings is 1. The molecule has 0 aromatic carbocycles. The van der Waals surface area contributed by atoms with E-state index in [1.54, 1.807) is 6.07 Å². The molecule has 1 atom stereocenters. The fraction of sp³-hybridized carbons (Fsp3) is 0.364. The third-order valence-corrected chi connectivity index (χ3v) is 3.14. The molecule has 0 aliphatic carbocycles. The number of amides is 1. The number of hydrogen-bond donors (Lipinski definition) is 1. The van der Waals surface area contributed by atoms with Crippen LogP contribution in [-0.2, 0) is 9.53 Å². The summed E-state index contributed by atoms with van der Waals surface area (Å²) in [5, 5.41) is 2.76. The zero-order chi connectivity index (χ0) is 12.0. The van der Waals surface area contributed by atoms with Crippen molar-refractivity contribution in [2.24, 2.45) is 0 Å². The van der Waals surface area contributed by atoms with Gasteiger partial charge in [0.1, 0.15) is 6.04 Å². The van der Waals surface area contributed by atoms with E-state index >= 15 is 0 Å². The summed E-state index contributed by atoms with van der Waals surface area (Å²) in [5.74, 6) is 0.237. The molecule has 6 heteroatoms. The van der Waals surface area contributed by atoms with Crippen molar-refractivity contribution in [1.29, 1.82) is 0 Å². The maximum Gasteiger partial charge on any atom is 0.339 e. The Balaban J connectivity index is 2.01. The van der Waals surface area contributed by atoms with Crippen molar-refractivity contribution < 1.29 is 14.3 Å². The Labute approximate surface area is 97.6 Å². The second kappa shape index (κ2) is 3.44. The zero-order valence-electron chi connectivity index (χ0n) is 9.27. The highest BCUT2D eigenvalue weighted by molar-refractivity contribution is 6.05. The minimum absolute atomic E-state index is 0.0347. The average Bonchev–Trinajstić information content (AvgIpc) is 2.27. The van der Waals surface area contributed by atoms with E-state index in [0.717, 1.165) is 18.8 Å². The van der Waals surface area contributed by atoms with Crippen molar-refractivity contribution in [1.82, 2.24) is 4.98 Å². The predicted octanol–water partition coefficient (Wildman–Crippen LogP) is 0.399. The molecule has 0 saturated carbocycles. The molecule has 1 unspecified atom stereocenters. The van der Waals surface area contributed by atoms with Crippen molar-refractivity contribution in [3.8, 4) is 0 Å². The van der Waals surface area contributed by atoms with Gasteiger partial charge in [0.05, 0.1) is 18.4 Å². The van der Waals surface area contributed by atoms with E-state index in [2.05, 4.69) is 15.0 Å². The van der Waals surface area contributed by atoms with Crippen LogP contribution < -0.4 is 10.2 Å². The van der Waals surface area contributed by atoms with E-state index in [9.17, 15) is 9.59 Å². The quantitative estimate of drug-likeness (QED) is 0.711. The van der Waals surface area contributed by atoms with Gasteiger partial charge < -0.3 is 15.0 Å². The predicted molar refractivity (Wildman–Crippen MR) is 60.0 cm³/mol. The summed E-state index contributed by atoms with van der Waals surface area (Å²) < 4.78 is 4.61. The number of carbonyl (C=O) groups is 2. The van der Waals surface area contributed by atoms with Crippen LogP contribution in [0.15, 0.2) is 12.3 Å². The number of rotatable bonds is 1. The van der Waals surface area contributed by atoms with Crippen molar-refractivity contribution in [2.75, 3.05) is 23.9 Å².